The average molecular weight is 417 g/mol. The molecule has 128 valence electrons. The number of nitrogens with zero attached hydrogens (tertiary/aromatic N) is 1. The van der Waals surface area contributed by atoms with E-state index in [4.69, 9.17) is 4.42 Å². The second-order valence-electron chi connectivity index (χ2n) is 5.65. The highest BCUT2D eigenvalue weighted by atomic mass is 79.9. The molecular weight excluding hydrogens is 400 g/mol. The summed E-state index contributed by atoms with van der Waals surface area (Å²) in [6, 6.07) is 13.7. The Bertz CT molecular complexity index is 891. The van der Waals surface area contributed by atoms with Gasteiger partial charge in [-0.05, 0) is 37.6 Å². The van der Waals surface area contributed by atoms with Crippen LogP contribution in [-0.4, -0.2) is 16.6 Å². The van der Waals surface area contributed by atoms with Crippen LogP contribution < -0.4 is 5.32 Å². The van der Waals surface area contributed by atoms with Crippen molar-refractivity contribution in [1.82, 2.24) is 4.98 Å². The van der Waals surface area contributed by atoms with Crippen molar-refractivity contribution in [2.45, 2.75) is 19.1 Å². The Kier molecular flexibility index (Phi) is 5.60. The molecule has 0 aliphatic carbocycles. The molecular formula is C19H17BrN2O2S. The molecule has 0 fully saturated rings. The molecule has 1 amide bonds. The van der Waals surface area contributed by atoms with E-state index in [-0.39, 0.29) is 11.7 Å². The van der Waals surface area contributed by atoms with Gasteiger partial charge in [0.2, 0.25) is 5.91 Å². The highest BCUT2D eigenvalue weighted by molar-refractivity contribution is 9.10. The van der Waals surface area contributed by atoms with E-state index in [9.17, 15) is 4.79 Å². The van der Waals surface area contributed by atoms with Gasteiger partial charge >= 0.3 is 0 Å². The van der Waals surface area contributed by atoms with E-state index in [1.54, 1.807) is 6.20 Å². The van der Waals surface area contributed by atoms with Gasteiger partial charge in [-0.3, -0.25) is 4.79 Å². The van der Waals surface area contributed by atoms with Gasteiger partial charge in [0.05, 0.1) is 11.9 Å². The van der Waals surface area contributed by atoms with Crippen molar-refractivity contribution in [3.63, 3.8) is 0 Å². The number of halogens is 1. The van der Waals surface area contributed by atoms with Gasteiger partial charge in [-0.2, -0.15) is 0 Å². The number of hydrogen-bond acceptors (Lipinski definition) is 4. The number of amides is 1. The van der Waals surface area contributed by atoms with Crippen LogP contribution in [0.5, 0.6) is 0 Å². The third-order valence-electron chi connectivity index (χ3n) is 3.60. The van der Waals surface area contributed by atoms with E-state index in [0.717, 1.165) is 21.3 Å². The number of hydrogen-bond donors (Lipinski definition) is 1. The van der Waals surface area contributed by atoms with Crippen LogP contribution in [0.3, 0.4) is 0 Å². The number of benzene rings is 2. The zero-order valence-corrected chi connectivity index (χ0v) is 16.3. The lowest BCUT2D eigenvalue weighted by atomic mass is 10.1. The summed E-state index contributed by atoms with van der Waals surface area (Å²) in [5.74, 6) is 0.846. The topological polar surface area (TPSA) is 55.1 Å². The number of aromatic nitrogens is 1. The highest BCUT2D eigenvalue weighted by Gasteiger charge is 2.10. The van der Waals surface area contributed by atoms with E-state index in [0.29, 0.717) is 11.0 Å². The fourth-order valence-electron chi connectivity index (χ4n) is 2.34. The quantitative estimate of drug-likeness (QED) is 0.561. The predicted molar refractivity (Wildman–Crippen MR) is 105 cm³/mol. The van der Waals surface area contributed by atoms with Crippen LogP contribution in [0, 0.1) is 13.8 Å². The molecule has 0 aliphatic rings. The molecule has 3 rings (SSSR count). The van der Waals surface area contributed by atoms with Crippen molar-refractivity contribution in [3.8, 4) is 11.3 Å². The van der Waals surface area contributed by atoms with Crippen LogP contribution >= 0.6 is 27.7 Å². The lowest BCUT2D eigenvalue weighted by Gasteiger charge is -2.08. The van der Waals surface area contributed by atoms with Crippen LogP contribution in [0.15, 0.2) is 62.8 Å². The molecule has 25 heavy (non-hydrogen) atoms. The Morgan fingerprint density at radius 3 is 2.68 bits per heavy atom. The molecule has 1 aromatic heterocycles. The maximum Gasteiger partial charge on any atom is 0.256 e. The minimum absolute atomic E-state index is 0.0830. The van der Waals surface area contributed by atoms with Gasteiger partial charge in [-0.25, -0.2) is 4.98 Å². The van der Waals surface area contributed by atoms with E-state index in [2.05, 4.69) is 26.2 Å². The number of oxazole rings is 1. The molecule has 0 atom stereocenters. The number of rotatable bonds is 5. The SMILES string of the molecule is Cc1ccc(NC(=O)CSc2ncc(-c3ccc(Br)cc3)o2)c(C)c1. The number of anilines is 1. The van der Waals surface area contributed by atoms with Crippen LogP contribution in [0.25, 0.3) is 11.3 Å². The maximum absolute atomic E-state index is 12.1. The molecule has 6 heteroatoms. The van der Waals surface area contributed by atoms with Crippen LogP contribution in [0.4, 0.5) is 5.69 Å². The lowest BCUT2D eigenvalue weighted by Crippen LogP contribution is -2.14. The third-order valence-corrected chi connectivity index (χ3v) is 4.97. The van der Waals surface area contributed by atoms with E-state index in [1.807, 2.05) is 56.3 Å². The van der Waals surface area contributed by atoms with Crippen molar-refractivity contribution < 1.29 is 9.21 Å². The molecule has 0 radical (unpaired) electrons. The second kappa shape index (κ2) is 7.89. The van der Waals surface area contributed by atoms with Crippen LogP contribution in [0.1, 0.15) is 11.1 Å². The molecule has 2 aromatic carbocycles. The first-order valence-electron chi connectivity index (χ1n) is 7.73. The Morgan fingerprint density at radius 2 is 1.96 bits per heavy atom. The Labute approximate surface area is 159 Å². The normalized spacial score (nSPS) is 10.7. The van der Waals surface area contributed by atoms with E-state index >= 15 is 0 Å². The molecule has 0 bridgehead atoms. The maximum atomic E-state index is 12.1. The number of aryl methyl sites for hydroxylation is 2. The van der Waals surface area contributed by atoms with Crippen LogP contribution in [0.2, 0.25) is 0 Å². The number of thioether (sulfide) groups is 1. The molecule has 4 nitrogen and oxygen atoms in total. The second-order valence-corrected chi connectivity index (χ2v) is 7.49. The fraction of sp³-hybridized carbons (Fsp3) is 0.158. The largest absolute Gasteiger partial charge is 0.431 e. The van der Waals surface area contributed by atoms with Gasteiger partial charge < -0.3 is 9.73 Å². The number of carbonyl (C=O) groups is 1. The molecule has 1 heterocycles. The molecule has 0 aliphatic heterocycles. The van der Waals surface area contributed by atoms with Gasteiger partial charge in [-0.1, -0.05) is 57.5 Å². The van der Waals surface area contributed by atoms with Crippen molar-refractivity contribution in [2.75, 3.05) is 11.1 Å². The number of nitrogens with one attached hydrogen (secondary N) is 1. The first-order valence-corrected chi connectivity index (χ1v) is 9.51. The summed E-state index contributed by atoms with van der Waals surface area (Å²) in [6.45, 7) is 4.01. The Morgan fingerprint density at radius 1 is 1.20 bits per heavy atom. The average Bonchev–Trinajstić information content (AvgIpc) is 3.05. The van der Waals surface area contributed by atoms with Crippen molar-refractivity contribution >= 4 is 39.3 Å². The summed E-state index contributed by atoms with van der Waals surface area (Å²) in [7, 11) is 0. The van der Waals surface area contributed by atoms with Crippen LogP contribution in [-0.2, 0) is 4.79 Å². The minimum Gasteiger partial charge on any atom is -0.431 e. The Balaban J connectivity index is 1.58. The van der Waals surface area contributed by atoms with Gasteiger partial charge in [0, 0.05) is 15.7 Å². The summed E-state index contributed by atoms with van der Waals surface area (Å²) >= 11 is 4.68. The molecule has 3 aromatic rings. The summed E-state index contributed by atoms with van der Waals surface area (Å²) < 4.78 is 6.71. The standard InChI is InChI=1S/C19H17BrN2O2S/c1-12-3-8-16(13(2)9-12)22-18(23)11-25-19-21-10-17(24-19)14-4-6-15(20)7-5-14/h3-10H,11H2,1-2H3,(H,22,23). The summed E-state index contributed by atoms with van der Waals surface area (Å²) in [6.07, 6.45) is 1.67. The first-order chi connectivity index (χ1) is 12.0. The molecule has 1 N–H and O–H groups in total. The summed E-state index contributed by atoms with van der Waals surface area (Å²) in [5.41, 5.74) is 4.00. The summed E-state index contributed by atoms with van der Waals surface area (Å²) in [4.78, 5) is 16.4. The minimum atomic E-state index is -0.0830. The van der Waals surface area contributed by atoms with Crippen molar-refractivity contribution in [1.29, 1.82) is 0 Å². The van der Waals surface area contributed by atoms with Gasteiger partial charge in [0.15, 0.2) is 5.76 Å². The third kappa shape index (κ3) is 4.74. The van der Waals surface area contributed by atoms with E-state index < -0.39 is 0 Å². The number of carbonyl (C=O) groups excluding carboxylic acids is 1. The van der Waals surface area contributed by atoms with Gasteiger partial charge in [0.25, 0.3) is 5.22 Å². The molecule has 0 spiro atoms. The zero-order chi connectivity index (χ0) is 17.8. The highest BCUT2D eigenvalue weighted by Crippen LogP contribution is 2.26. The molecule has 0 unspecified atom stereocenters. The summed E-state index contributed by atoms with van der Waals surface area (Å²) in [5, 5.41) is 3.40. The molecule has 0 saturated carbocycles. The monoisotopic (exact) mass is 416 g/mol. The predicted octanol–water partition coefficient (Wildman–Crippen LogP) is 5.45. The van der Waals surface area contributed by atoms with Crippen molar-refractivity contribution in [3.05, 3.63) is 64.3 Å². The van der Waals surface area contributed by atoms with Crippen molar-refractivity contribution in [2.24, 2.45) is 0 Å². The first kappa shape index (κ1) is 17.8. The molecule has 0 saturated heterocycles. The smallest absolute Gasteiger partial charge is 0.256 e. The van der Waals surface area contributed by atoms with Gasteiger partial charge in [0.1, 0.15) is 0 Å². The fourth-order valence-corrected chi connectivity index (χ4v) is 3.21. The lowest BCUT2D eigenvalue weighted by molar-refractivity contribution is -0.113. The zero-order valence-electron chi connectivity index (χ0n) is 13.9. The van der Waals surface area contributed by atoms with Gasteiger partial charge in [-0.15, -0.1) is 0 Å². The van der Waals surface area contributed by atoms with E-state index in [1.165, 1.54) is 17.3 Å². The Hall–Kier alpha value is -2.05.